The molecule has 10 heteroatoms. The van der Waals surface area contributed by atoms with Crippen molar-refractivity contribution >= 4 is 33.1 Å². The second-order valence-electron chi connectivity index (χ2n) is 5.73. The van der Waals surface area contributed by atoms with Crippen molar-refractivity contribution in [3.8, 4) is 0 Å². The molecule has 3 heterocycles. The molecular weight excluding hydrogens is 364 g/mol. The summed E-state index contributed by atoms with van der Waals surface area (Å²) in [7, 11) is -3.49. The molecule has 25 heavy (non-hydrogen) atoms. The Balaban J connectivity index is 1.71. The Bertz CT molecular complexity index is 885. The third-order valence-electron chi connectivity index (χ3n) is 4.03. The van der Waals surface area contributed by atoms with E-state index in [1.165, 1.54) is 28.0 Å². The largest absolute Gasteiger partial charge is 0.476 e. The number of sulfonamides is 1. The van der Waals surface area contributed by atoms with Gasteiger partial charge in [0.25, 0.3) is 0 Å². The first-order valence-corrected chi connectivity index (χ1v) is 9.92. The SMILES string of the molecule is Cc1cc(S(=O)(=O)N2CCN(c3cnc(C(=O)O)cn3)CC2)c(C)s1. The van der Waals surface area contributed by atoms with Gasteiger partial charge in [-0.3, -0.25) is 0 Å². The third kappa shape index (κ3) is 3.51. The van der Waals surface area contributed by atoms with Crippen molar-refractivity contribution in [1.29, 1.82) is 0 Å². The fraction of sp³-hybridized carbons (Fsp3) is 0.400. The quantitative estimate of drug-likeness (QED) is 0.851. The number of carbonyl (C=O) groups is 1. The number of nitrogens with zero attached hydrogens (tertiary/aromatic N) is 4. The van der Waals surface area contributed by atoms with Crippen LogP contribution in [0.4, 0.5) is 5.82 Å². The second kappa shape index (κ2) is 6.70. The van der Waals surface area contributed by atoms with Crippen molar-refractivity contribution in [2.75, 3.05) is 31.1 Å². The molecule has 0 aromatic carbocycles. The van der Waals surface area contributed by atoms with E-state index in [0.29, 0.717) is 36.9 Å². The van der Waals surface area contributed by atoms with Gasteiger partial charge >= 0.3 is 5.97 Å². The number of carboxylic acids is 1. The molecule has 0 atom stereocenters. The van der Waals surface area contributed by atoms with Gasteiger partial charge in [-0.1, -0.05) is 0 Å². The summed E-state index contributed by atoms with van der Waals surface area (Å²) in [4.78, 5) is 22.8. The van der Waals surface area contributed by atoms with Crippen LogP contribution in [0.3, 0.4) is 0 Å². The molecule has 0 aliphatic carbocycles. The number of carboxylic acid groups (broad SMARTS) is 1. The summed E-state index contributed by atoms with van der Waals surface area (Å²) >= 11 is 1.48. The lowest BCUT2D eigenvalue weighted by Gasteiger charge is -2.34. The minimum absolute atomic E-state index is 0.117. The topological polar surface area (TPSA) is 104 Å². The van der Waals surface area contributed by atoms with Crippen LogP contribution in [0.1, 0.15) is 20.2 Å². The van der Waals surface area contributed by atoms with Gasteiger partial charge in [0.15, 0.2) is 5.69 Å². The van der Waals surface area contributed by atoms with Gasteiger partial charge < -0.3 is 10.0 Å². The Hall–Kier alpha value is -2.04. The average molecular weight is 382 g/mol. The molecule has 0 radical (unpaired) electrons. The van der Waals surface area contributed by atoms with E-state index in [4.69, 9.17) is 5.11 Å². The van der Waals surface area contributed by atoms with E-state index in [-0.39, 0.29) is 5.69 Å². The van der Waals surface area contributed by atoms with Crippen LogP contribution >= 0.6 is 11.3 Å². The lowest BCUT2D eigenvalue weighted by molar-refractivity contribution is 0.0690. The average Bonchev–Trinajstić information content (AvgIpc) is 2.94. The van der Waals surface area contributed by atoms with E-state index in [9.17, 15) is 13.2 Å². The van der Waals surface area contributed by atoms with Crippen molar-refractivity contribution < 1.29 is 18.3 Å². The number of aromatic nitrogens is 2. The molecule has 134 valence electrons. The molecule has 0 bridgehead atoms. The maximum atomic E-state index is 12.8. The summed E-state index contributed by atoms with van der Waals surface area (Å²) in [5, 5.41) is 8.85. The van der Waals surface area contributed by atoms with Gasteiger partial charge in [0, 0.05) is 35.9 Å². The summed E-state index contributed by atoms with van der Waals surface area (Å²) in [5.41, 5.74) is -0.117. The normalized spacial score (nSPS) is 16.2. The Morgan fingerprint density at radius 2 is 1.84 bits per heavy atom. The first-order chi connectivity index (χ1) is 11.8. The summed E-state index contributed by atoms with van der Waals surface area (Å²) in [6.07, 6.45) is 2.61. The smallest absolute Gasteiger partial charge is 0.356 e. The van der Waals surface area contributed by atoms with Crippen molar-refractivity contribution in [1.82, 2.24) is 14.3 Å². The molecule has 1 aliphatic rings. The maximum absolute atomic E-state index is 12.8. The zero-order chi connectivity index (χ0) is 18.2. The van der Waals surface area contributed by atoms with E-state index in [0.717, 1.165) is 9.75 Å². The van der Waals surface area contributed by atoms with Gasteiger partial charge in [0.1, 0.15) is 5.82 Å². The van der Waals surface area contributed by atoms with Crippen LogP contribution in [0, 0.1) is 13.8 Å². The maximum Gasteiger partial charge on any atom is 0.356 e. The number of piperazine rings is 1. The molecule has 1 aliphatic heterocycles. The Morgan fingerprint density at radius 1 is 1.16 bits per heavy atom. The summed E-state index contributed by atoms with van der Waals surface area (Å²) in [5.74, 6) is -0.582. The van der Waals surface area contributed by atoms with Crippen LogP contribution in [-0.4, -0.2) is 59.9 Å². The monoisotopic (exact) mass is 382 g/mol. The molecule has 0 unspecified atom stereocenters. The fourth-order valence-electron chi connectivity index (χ4n) is 2.76. The predicted octanol–water partition coefficient (Wildman–Crippen LogP) is 1.36. The highest BCUT2D eigenvalue weighted by molar-refractivity contribution is 7.89. The molecule has 2 aromatic rings. The van der Waals surface area contributed by atoms with Gasteiger partial charge in [-0.15, -0.1) is 11.3 Å². The fourth-order valence-corrected chi connectivity index (χ4v) is 5.70. The van der Waals surface area contributed by atoms with E-state index in [1.807, 2.05) is 18.7 Å². The van der Waals surface area contributed by atoms with Crippen molar-refractivity contribution in [2.24, 2.45) is 0 Å². The molecule has 1 N–H and O–H groups in total. The number of thiophene rings is 1. The van der Waals surface area contributed by atoms with Gasteiger partial charge in [-0.2, -0.15) is 4.31 Å². The Morgan fingerprint density at radius 3 is 2.32 bits per heavy atom. The van der Waals surface area contributed by atoms with Crippen LogP contribution in [0.25, 0.3) is 0 Å². The van der Waals surface area contributed by atoms with E-state index in [2.05, 4.69) is 9.97 Å². The number of hydrogen-bond acceptors (Lipinski definition) is 7. The molecule has 0 amide bonds. The summed E-state index contributed by atoms with van der Waals surface area (Å²) in [6.45, 7) is 5.36. The number of rotatable bonds is 4. The predicted molar refractivity (Wildman–Crippen MR) is 93.8 cm³/mol. The highest BCUT2D eigenvalue weighted by Crippen LogP contribution is 2.28. The third-order valence-corrected chi connectivity index (χ3v) is 7.15. The second-order valence-corrected chi connectivity index (χ2v) is 9.10. The van der Waals surface area contributed by atoms with E-state index in [1.54, 1.807) is 6.07 Å². The number of anilines is 1. The minimum atomic E-state index is -3.49. The lowest BCUT2D eigenvalue weighted by atomic mass is 10.3. The molecular formula is C15H18N4O4S2. The number of hydrogen-bond donors (Lipinski definition) is 1. The van der Waals surface area contributed by atoms with Crippen molar-refractivity contribution in [3.63, 3.8) is 0 Å². The van der Waals surface area contributed by atoms with Gasteiger partial charge in [-0.25, -0.2) is 23.2 Å². The number of aryl methyl sites for hydroxylation is 2. The highest BCUT2D eigenvalue weighted by Gasteiger charge is 2.31. The van der Waals surface area contributed by atoms with E-state index >= 15 is 0 Å². The van der Waals surface area contributed by atoms with Crippen LogP contribution in [-0.2, 0) is 10.0 Å². The first-order valence-electron chi connectivity index (χ1n) is 7.66. The Labute approximate surface area is 149 Å². The minimum Gasteiger partial charge on any atom is -0.476 e. The van der Waals surface area contributed by atoms with Crippen LogP contribution in [0.2, 0.25) is 0 Å². The first kappa shape index (κ1) is 17.8. The molecule has 0 saturated carbocycles. The summed E-state index contributed by atoms with van der Waals surface area (Å²) in [6, 6.07) is 1.72. The van der Waals surface area contributed by atoms with Gasteiger partial charge in [-0.05, 0) is 19.9 Å². The summed E-state index contributed by atoms with van der Waals surface area (Å²) < 4.78 is 27.1. The van der Waals surface area contributed by atoms with Crippen molar-refractivity contribution in [2.45, 2.75) is 18.7 Å². The molecule has 1 fully saturated rings. The lowest BCUT2D eigenvalue weighted by Crippen LogP contribution is -2.49. The van der Waals surface area contributed by atoms with Crippen LogP contribution in [0.5, 0.6) is 0 Å². The molecule has 8 nitrogen and oxygen atoms in total. The number of aromatic carboxylic acids is 1. The molecule has 0 spiro atoms. The van der Waals surface area contributed by atoms with Gasteiger partial charge in [0.2, 0.25) is 10.0 Å². The molecule has 3 rings (SSSR count). The molecule has 1 saturated heterocycles. The standard InChI is InChI=1S/C15H18N4O4S2/c1-10-7-13(11(2)24-10)25(22,23)19-5-3-18(4-6-19)14-9-16-12(8-17-14)15(20)21/h7-9H,3-6H2,1-2H3,(H,20,21). The zero-order valence-corrected chi connectivity index (χ0v) is 15.5. The van der Waals surface area contributed by atoms with Crippen molar-refractivity contribution in [3.05, 3.63) is 33.9 Å². The van der Waals surface area contributed by atoms with E-state index < -0.39 is 16.0 Å². The van der Waals surface area contributed by atoms with Gasteiger partial charge in [0.05, 0.1) is 17.3 Å². The molecule has 2 aromatic heterocycles. The zero-order valence-electron chi connectivity index (χ0n) is 13.8. The highest BCUT2D eigenvalue weighted by atomic mass is 32.2. The Kier molecular flexibility index (Phi) is 4.76. The van der Waals surface area contributed by atoms with Crippen LogP contribution < -0.4 is 4.90 Å². The van der Waals surface area contributed by atoms with Crippen LogP contribution in [0.15, 0.2) is 23.4 Å².